The molecule has 0 bridgehead atoms. The first kappa shape index (κ1) is 25.6. The minimum Gasteiger partial charge on any atom is -0.357 e. The molecule has 0 saturated heterocycles. The molecule has 12 heteroatoms. The van der Waals surface area contributed by atoms with Gasteiger partial charge >= 0.3 is 6.18 Å². The second kappa shape index (κ2) is 10.7. The lowest BCUT2D eigenvalue weighted by Crippen LogP contribution is -2.15. The molecular formula is C24H16F3IN6OS. The summed E-state index contributed by atoms with van der Waals surface area (Å²) in [7, 11) is 3.02. The van der Waals surface area contributed by atoms with Crippen LogP contribution in [-0.4, -0.2) is 32.9 Å². The van der Waals surface area contributed by atoms with Gasteiger partial charge in [-0.1, -0.05) is 6.07 Å². The Kier molecular flexibility index (Phi) is 7.60. The second-order valence-corrected chi connectivity index (χ2v) is 9.14. The fraction of sp³-hybridized carbons (Fsp3) is 0.125. The Balaban J connectivity index is 1.75. The Morgan fingerprint density at radius 1 is 1.08 bits per heavy atom. The highest BCUT2D eigenvalue weighted by Gasteiger charge is 2.33. The Morgan fingerprint density at radius 3 is 2.61 bits per heavy atom. The molecule has 4 aromatic rings. The van der Waals surface area contributed by atoms with Crippen molar-refractivity contribution in [2.24, 2.45) is 0 Å². The lowest BCUT2D eigenvalue weighted by molar-refractivity contribution is -0.141. The van der Waals surface area contributed by atoms with E-state index in [-0.39, 0.29) is 5.56 Å². The van der Waals surface area contributed by atoms with E-state index in [2.05, 4.69) is 62.9 Å². The number of nitrogens with zero attached hydrogens (tertiary/aromatic N) is 4. The molecule has 0 atom stereocenters. The van der Waals surface area contributed by atoms with Gasteiger partial charge in [0.25, 0.3) is 5.91 Å². The van der Waals surface area contributed by atoms with Crippen LogP contribution >= 0.6 is 30.1 Å². The molecule has 36 heavy (non-hydrogen) atoms. The summed E-state index contributed by atoms with van der Waals surface area (Å²) >= 11 is 2.07. The van der Waals surface area contributed by atoms with Crippen LogP contribution in [0.3, 0.4) is 0 Å². The number of alkyl halides is 3. The van der Waals surface area contributed by atoms with Crippen LogP contribution in [0.4, 0.5) is 24.8 Å². The van der Waals surface area contributed by atoms with Crippen molar-refractivity contribution < 1.29 is 18.0 Å². The van der Waals surface area contributed by atoms with Crippen molar-refractivity contribution in [3.05, 3.63) is 71.3 Å². The van der Waals surface area contributed by atoms with Gasteiger partial charge in [-0.15, -0.1) is 0 Å². The van der Waals surface area contributed by atoms with E-state index < -0.39 is 17.8 Å². The van der Waals surface area contributed by atoms with Gasteiger partial charge < -0.3 is 10.6 Å². The molecule has 2 N–H and O–H groups in total. The van der Waals surface area contributed by atoms with Crippen molar-refractivity contribution in [2.75, 3.05) is 17.7 Å². The molecule has 0 unspecified atom stereocenters. The van der Waals surface area contributed by atoms with E-state index in [4.69, 9.17) is 0 Å². The largest absolute Gasteiger partial charge is 0.433 e. The van der Waals surface area contributed by atoms with Crippen molar-refractivity contribution in [3.8, 4) is 22.3 Å². The van der Waals surface area contributed by atoms with Gasteiger partial charge in [0.1, 0.15) is 11.4 Å². The Hall–Kier alpha value is -3.44. The molecule has 7 nitrogen and oxygen atoms in total. The molecule has 1 aromatic carbocycles. The first-order chi connectivity index (χ1) is 17.2. The van der Waals surface area contributed by atoms with Crippen LogP contribution in [-0.2, 0) is 6.18 Å². The molecule has 0 saturated carbocycles. The van der Waals surface area contributed by atoms with Crippen molar-refractivity contribution in [3.63, 3.8) is 0 Å². The number of anilines is 2. The van der Waals surface area contributed by atoms with Gasteiger partial charge in [-0.25, -0.2) is 9.97 Å². The number of halogens is 4. The maximum Gasteiger partial charge on any atom is 0.433 e. The van der Waals surface area contributed by atoms with E-state index in [0.717, 1.165) is 17.3 Å². The van der Waals surface area contributed by atoms with Gasteiger partial charge in [-0.3, -0.25) is 9.78 Å². The summed E-state index contributed by atoms with van der Waals surface area (Å²) in [5.74, 6) is 2.77. The standard InChI is InChI=1S/C24H16F3IN6OS/c1-13-3-4-16(32-22(35)14-5-7-30-20(10-14)24(25,26)27)11-17(13)18-9-15-12-31-23(29-2)34-21(15)33-19(18)6-8-36-28/h3-5,7,9-12H,1-2H3,(H,32,35)(H,29,31,33,34). The highest BCUT2D eigenvalue weighted by Crippen LogP contribution is 2.32. The van der Waals surface area contributed by atoms with Crippen molar-refractivity contribution in [1.29, 1.82) is 0 Å². The van der Waals surface area contributed by atoms with Gasteiger partial charge in [0.2, 0.25) is 5.95 Å². The molecule has 0 radical (unpaired) electrons. The zero-order chi connectivity index (χ0) is 25.9. The summed E-state index contributed by atoms with van der Waals surface area (Å²) < 4.78 is 39.0. The number of rotatable bonds is 4. The average molecular weight is 620 g/mol. The van der Waals surface area contributed by atoms with E-state index in [9.17, 15) is 18.0 Å². The molecule has 4 rings (SSSR count). The molecular weight excluding hydrogens is 604 g/mol. The van der Waals surface area contributed by atoms with Crippen LogP contribution < -0.4 is 10.6 Å². The van der Waals surface area contributed by atoms with Gasteiger partial charge in [0, 0.05) is 62.8 Å². The number of aromatic nitrogens is 4. The molecule has 1 amide bonds. The number of pyridine rings is 2. The first-order valence-corrected chi connectivity index (χ1v) is 13.7. The normalized spacial score (nSPS) is 11.1. The minimum atomic E-state index is -4.65. The predicted molar refractivity (Wildman–Crippen MR) is 143 cm³/mol. The molecule has 0 aliphatic carbocycles. The van der Waals surface area contributed by atoms with Crippen LogP contribution in [0.25, 0.3) is 22.2 Å². The van der Waals surface area contributed by atoms with E-state index in [1.807, 2.05) is 13.0 Å². The number of aryl methyl sites for hydroxylation is 1. The number of carbonyl (C=O) groups excluding carboxylic acids is 1. The van der Waals surface area contributed by atoms with E-state index in [0.29, 0.717) is 40.0 Å². The number of amides is 1. The summed E-state index contributed by atoms with van der Waals surface area (Å²) in [4.78, 5) is 29.3. The maximum absolute atomic E-state index is 13.0. The minimum absolute atomic E-state index is 0.157. The summed E-state index contributed by atoms with van der Waals surface area (Å²) in [6.07, 6.45) is -2.05. The molecule has 0 fully saturated rings. The molecule has 182 valence electrons. The van der Waals surface area contributed by atoms with Crippen molar-refractivity contribution in [2.45, 2.75) is 13.1 Å². The smallest absolute Gasteiger partial charge is 0.357 e. The highest BCUT2D eigenvalue weighted by atomic mass is 127. The fourth-order valence-corrected chi connectivity index (χ4v) is 3.84. The number of nitrogens with one attached hydrogen (secondary N) is 2. The summed E-state index contributed by atoms with van der Waals surface area (Å²) in [6, 6.07) is 9.01. The van der Waals surface area contributed by atoms with Gasteiger partial charge in [0.15, 0.2) is 5.65 Å². The van der Waals surface area contributed by atoms with Crippen molar-refractivity contribution in [1.82, 2.24) is 19.9 Å². The van der Waals surface area contributed by atoms with Gasteiger partial charge in [0.05, 0.1) is 0 Å². The second-order valence-electron chi connectivity index (χ2n) is 7.46. The zero-order valence-electron chi connectivity index (χ0n) is 18.7. The molecule has 3 heterocycles. The fourth-order valence-electron chi connectivity index (χ4n) is 3.37. The molecule has 0 aliphatic heterocycles. The Bertz CT molecular complexity index is 1530. The zero-order valence-corrected chi connectivity index (χ0v) is 21.7. The lowest BCUT2D eigenvalue weighted by atomic mass is 9.97. The molecule has 0 spiro atoms. The Labute approximate surface area is 220 Å². The third-order valence-corrected chi connectivity index (χ3v) is 5.94. The number of fused-ring (bicyclic) bond motifs is 1. The maximum atomic E-state index is 13.0. The van der Waals surface area contributed by atoms with Crippen LogP contribution in [0.2, 0.25) is 0 Å². The van der Waals surface area contributed by atoms with Gasteiger partial charge in [-0.2, -0.15) is 18.2 Å². The summed E-state index contributed by atoms with van der Waals surface area (Å²) in [6.45, 7) is 1.90. The molecule has 0 aliphatic rings. The number of hydrogen-bond donors (Lipinski definition) is 2. The lowest BCUT2D eigenvalue weighted by Gasteiger charge is -2.13. The SMILES string of the molecule is CNc1ncc2cc(-c3cc(NC(=O)c4ccnc(C(F)(F)F)c4)ccc3C)c(C#CSI)nc2n1. The topological polar surface area (TPSA) is 92.7 Å². The summed E-state index contributed by atoms with van der Waals surface area (Å²) in [5.41, 5.74) is 2.40. The first-order valence-electron chi connectivity index (χ1n) is 10.3. The van der Waals surface area contributed by atoms with Crippen LogP contribution in [0, 0.1) is 18.1 Å². The quantitative estimate of drug-likeness (QED) is 0.211. The monoisotopic (exact) mass is 620 g/mol. The van der Waals surface area contributed by atoms with Crippen LogP contribution in [0.5, 0.6) is 0 Å². The van der Waals surface area contributed by atoms with Gasteiger partial charge in [-0.05, 0) is 68.5 Å². The van der Waals surface area contributed by atoms with E-state index >= 15 is 0 Å². The highest BCUT2D eigenvalue weighted by molar-refractivity contribution is 14.2. The average Bonchev–Trinajstić information content (AvgIpc) is 2.87. The summed E-state index contributed by atoms with van der Waals surface area (Å²) in [5, 5.41) is 9.17. The van der Waals surface area contributed by atoms with E-state index in [1.165, 1.54) is 15.0 Å². The third-order valence-electron chi connectivity index (χ3n) is 5.10. The third kappa shape index (κ3) is 5.68. The van der Waals surface area contributed by atoms with Crippen LogP contribution in [0.1, 0.15) is 27.3 Å². The predicted octanol–water partition coefficient (Wildman–Crippen LogP) is 6.10. The molecule has 3 aromatic heterocycles. The number of hydrogen-bond acceptors (Lipinski definition) is 7. The Morgan fingerprint density at radius 2 is 1.89 bits per heavy atom. The number of benzene rings is 1. The van der Waals surface area contributed by atoms with E-state index in [1.54, 1.807) is 31.4 Å². The number of carbonyl (C=O) groups is 1. The van der Waals surface area contributed by atoms with Crippen LogP contribution in [0.15, 0.2) is 48.8 Å². The van der Waals surface area contributed by atoms with Crippen molar-refractivity contribution >= 4 is 58.7 Å².